The van der Waals surface area contributed by atoms with Gasteiger partial charge in [0.25, 0.3) is 5.95 Å². The Morgan fingerprint density at radius 1 is 0.808 bits per heavy atom. The second kappa shape index (κ2) is 8.04. The smallest absolute Gasteiger partial charge is 0.251 e. The van der Waals surface area contributed by atoms with Crippen molar-refractivity contribution in [3.63, 3.8) is 0 Å². The van der Waals surface area contributed by atoms with E-state index in [0.717, 1.165) is 28.5 Å². The highest BCUT2D eigenvalue weighted by atomic mass is 19.2. The van der Waals surface area contributed by atoms with Gasteiger partial charge in [-0.3, -0.25) is 0 Å². The van der Waals surface area contributed by atoms with E-state index in [0.29, 0.717) is 13.0 Å². The Balaban J connectivity index is 1.67. The number of benzene rings is 2. The predicted molar refractivity (Wildman–Crippen MR) is 94.6 cm³/mol. The first-order valence-corrected chi connectivity index (χ1v) is 8.39. The molecule has 0 fully saturated rings. The van der Waals surface area contributed by atoms with Gasteiger partial charge in [0, 0.05) is 5.56 Å². The summed E-state index contributed by atoms with van der Waals surface area (Å²) in [5, 5.41) is 0. The molecule has 0 bridgehead atoms. The number of halogens is 3. The van der Waals surface area contributed by atoms with Crippen LogP contribution < -0.4 is 4.74 Å². The van der Waals surface area contributed by atoms with Crippen molar-refractivity contribution in [3.8, 4) is 16.9 Å². The van der Waals surface area contributed by atoms with Crippen LogP contribution in [-0.4, -0.2) is 11.6 Å². The molecule has 1 heterocycles. The van der Waals surface area contributed by atoms with Crippen LogP contribution in [0.3, 0.4) is 0 Å². The van der Waals surface area contributed by atoms with Crippen molar-refractivity contribution in [2.24, 2.45) is 0 Å². The van der Waals surface area contributed by atoms with Gasteiger partial charge < -0.3 is 4.74 Å². The van der Waals surface area contributed by atoms with E-state index >= 15 is 0 Å². The zero-order chi connectivity index (χ0) is 18.5. The largest absolute Gasteiger partial charge is 0.494 e. The number of aromatic nitrogens is 1. The highest BCUT2D eigenvalue weighted by Gasteiger charge is 2.11. The number of aryl methyl sites for hydroxylation is 2. The minimum Gasteiger partial charge on any atom is -0.494 e. The molecule has 26 heavy (non-hydrogen) atoms. The number of rotatable bonds is 6. The molecule has 0 amide bonds. The summed E-state index contributed by atoms with van der Waals surface area (Å²) in [6.07, 6.45) is 0.756. The zero-order valence-corrected chi connectivity index (χ0v) is 14.3. The summed E-state index contributed by atoms with van der Waals surface area (Å²) in [5.41, 5.74) is 3.16. The molecule has 0 saturated carbocycles. The minimum atomic E-state index is -1.41. The quantitative estimate of drug-likeness (QED) is 0.555. The first-order valence-electron chi connectivity index (χ1n) is 8.39. The maximum atomic E-state index is 13.6. The van der Waals surface area contributed by atoms with Gasteiger partial charge in [0.05, 0.1) is 6.61 Å². The highest BCUT2D eigenvalue weighted by molar-refractivity contribution is 5.64. The molecule has 0 unspecified atom stereocenters. The molecule has 2 aromatic carbocycles. The Hall–Kier alpha value is -2.82. The second-order valence-corrected chi connectivity index (χ2v) is 5.87. The third-order valence-electron chi connectivity index (χ3n) is 4.09. The van der Waals surface area contributed by atoms with Gasteiger partial charge >= 0.3 is 0 Å². The fraction of sp³-hybridized carbons (Fsp3) is 0.190. The van der Waals surface area contributed by atoms with Gasteiger partial charge in [-0.25, -0.2) is 4.39 Å². The van der Waals surface area contributed by atoms with Crippen LogP contribution in [0.5, 0.6) is 5.75 Å². The Morgan fingerprint density at radius 2 is 1.42 bits per heavy atom. The van der Waals surface area contributed by atoms with Crippen LogP contribution in [0.25, 0.3) is 11.1 Å². The molecule has 5 heteroatoms. The molecule has 0 aliphatic carbocycles. The number of pyridine rings is 1. The van der Waals surface area contributed by atoms with Crippen molar-refractivity contribution < 1.29 is 17.9 Å². The number of hydrogen-bond donors (Lipinski definition) is 0. The maximum Gasteiger partial charge on any atom is 0.251 e. The molecule has 0 aliphatic rings. The monoisotopic (exact) mass is 357 g/mol. The van der Waals surface area contributed by atoms with E-state index in [1.54, 1.807) is 0 Å². The summed E-state index contributed by atoms with van der Waals surface area (Å²) in [6, 6.07) is 16.5. The molecule has 3 rings (SSSR count). The van der Waals surface area contributed by atoms with E-state index in [4.69, 9.17) is 4.74 Å². The molecule has 2 nitrogen and oxygen atoms in total. The van der Waals surface area contributed by atoms with E-state index in [2.05, 4.69) is 4.98 Å². The van der Waals surface area contributed by atoms with Crippen LogP contribution in [0.2, 0.25) is 0 Å². The van der Waals surface area contributed by atoms with E-state index in [1.807, 2.05) is 55.5 Å². The number of nitrogens with zero attached hydrogens (tertiary/aromatic N) is 1. The van der Waals surface area contributed by atoms with E-state index in [9.17, 15) is 13.2 Å². The second-order valence-electron chi connectivity index (χ2n) is 5.87. The summed E-state index contributed by atoms with van der Waals surface area (Å²) in [4.78, 5) is 2.94. The summed E-state index contributed by atoms with van der Waals surface area (Å²) in [7, 11) is 0. The van der Waals surface area contributed by atoms with Crippen LogP contribution in [0.1, 0.15) is 18.1 Å². The normalized spacial score (nSPS) is 10.8. The van der Waals surface area contributed by atoms with Gasteiger partial charge in [-0.2, -0.15) is 13.8 Å². The van der Waals surface area contributed by atoms with Crippen molar-refractivity contribution in [2.75, 3.05) is 6.61 Å². The molecule has 0 radical (unpaired) electrons. The summed E-state index contributed by atoms with van der Waals surface area (Å²) >= 11 is 0. The van der Waals surface area contributed by atoms with Crippen LogP contribution in [-0.2, 0) is 12.8 Å². The van der Waals surface area contributed by atoms with Gasteiger partial charge in [-0.05, 0) is 54.7 Å². The molecule has 3 aromatic rings. The molecule has 0 atom stereocenters. The van der Waals surface area contributed by atoms with Crippen LogP contribution in [0, 0.1) is 17.7 Å². The van der Waals surface area contributed by atoms with E-state index in [-0.39, 0.29) is 12.0 Å². The first-order chi connectivity index (χ1) is 12.6. The van der Waals surface area contributed by atoms with Crippen molar-refractivity contribution in [2.45, 2.75) is 19.8 Å². The Labute approximate surface area is 150 Å². The maximum absolute atomic E-state index is 13.6. The topological polar surface area (TPSA) is 22.1 Å². The Bertz CT molecular complexity index is 877. The lowest BCUT2D eigenvalue weighted by Gasteiger charge is -2.07. The molecule has 0 aliphatic heterocycles. The summed E-state index contributed by atoms with van der Waals surface area (Å²) in [6.45, 7) is 2.57. The van der Waals surface area contributed by atoms with Crippen molar-refractivity contribution in [1.82, 2.24) is 4.98 Å². The zero-order valence-electron chi connectivity index (χ0n) is 14.3. The standard InChI is InChI=1S/C21H18F3NO/c1-2-26-18-11-9-16(10-12-18)15-6-3-14(4-7-15)5-8-17-13-19(22)21(24)25-20(17)23/h3-4,6-7,9-13H,2,5,8H2,1H3. The van der Waals surface area contributed by atoms with Crippen LogP contribution in [0.15, 0.2) is 54.6 Å². The van der Waals surface area contributed by atoms with Gasteiger partial charge in [0.1, 0.15) is 5.75 Å². The predicted octanol–water partition coefficient (Wildman–Crippen LogP) is 5.35. The fourth-order valence-corrected chi connectivity index (χ4v) is 2.71. The highest BCUT2D eigenvalue weighted by Crippen LogP contribution is 2.23. The average Bonchev–Trinajstić information content (AvgIpc) is 2.65. The van der Waals surface area contributed by atoms with E-state index < -0.39 is 17.7 Å². The van der Waals surface area contributed by atoms with Crippen LogP contribution in [0.4, 0.5) is 13.2 Å². The van der Waals surface area contributed by atoms with Crippen molar-refractivity contribution in [1.29, 1.82) is 0 Å². The summed E-state index contributed by atoms with van der Waals surface area (Å²) < 4.78 is 45.1. The molecular weight excluding hydrogens is 339 g/mol. The third kappa shape index (κ3) is 4.23. The molecule has 0 N–H and O–H groups in total. The van der Waals surface area contributed by atoms with E-state index in [1.165, 1.54) is 0 Å². The Kier molecular flexibility index (Phi) is 5.56. The van der Waals surface area contributed by atoms with Crippen molar-refractivity contribution >= 4 is 0 Å². The average molecular weight is 357 g/mol. The van der Waals surface area contributed by atoms with Crippen molar-refractivity contribution in [3.05, 3.63) is 83.4 Å². The van der Waals surface area contributed by atoms with Gasteiger partial charge in [-0.15, -0.1) is 0 Å². The SMILES string of the molecule is CCOc1ccc(-c2ccc(CCc3cc(F)c(F)nc3F)cc2)cc1. The van der Waals surface area contributed by atoms with Gasteiger partial charge in [0.15, 0.2) is 5.82 Å². The fourth-order valence-electron chi connectivity index (χ4n) is 2.71. The third-order valence-corrected chi connectivity index (χ3v) is 4.09. The summed E-state index contributed by atoms with van der Waals surface area (Å²) in [5.74, 6) is -2.68. The molecule has 134 valence electrons. The number of hydrogen-bond acceptors (Lipinski definition) is 2. The molecule has 0 spiro atoms. The first kappa shape index (κ1) is 18.0. The molecular formula is C21H18F3NO. The molecule has 1 aromatic heterocycles. The van der Waals surface area contributed by atoms with Gasteiger partial charge in [-0.1, -0.05) is 36.4 Å². The molecule has 0 saturated heterocycles. The lowest BCUT2D eigenvalue weighted by molar-refractivity contribution is 0.340. The minimum absolute atomic E-state index is 0.0690. The lowest BCUT2D eigenvalue weighted by atomic mass is 10.0. The van der Waals surface area contributed by atoms with Gasteiger partial charge in [0.2, 0.25) is 5.95 Å². The number of ether oxygens (including phenoxy) is 1. The lowest BCUT2D eigenvalue weighted by Crippen LogP contribution is -2.02. The van der Waals surface area contributed by atoms with Crippen LogP contribution >= 0.6 is 0 Å². The Morgan fingerprint density at radius 3 is 2.04 bits per heavy atom.